The highest BCUT2D eigenvalue weighted by molar-refractivity contribution is 4.70. The van der Waals surface area contributed by atoms with Crippen LogP contribution in [0, 0.1) is 5.92 Å². The molecule has 1 rings (SSSR count). The summed E-state index contributed by atoms with van der Waals surface area (Å²) in [4.78, 5) is 2.22. The molecule has 3 nitrogen and oxygen atoms in total. The molecule has 0 saturated heterocycles. The van der Waals surface area contributed by atoms with Crippen LogP contribution in [0.25, 0.3) is 0 Å². The molecule has 102 valence electrons. The summed E-state index contributed by atoms with van der Waals surface area (Å²) >= 11 is 0. The Balaban J connectivity index is 1.86. The van der Waals surface area contributed by atoms with Crippen LogP contribution in [0.1, 0.15) is 39.0 Å². The molecule has 2 atom stereocenters. The van der Waals surface area contributed by atoms with Gasteiger partial charge in [-0.2, -0.15) is 0 Å². The highest BCUT2D eigenvalue weighted by Gasteiger charge is 2.18. The summed E-state index contributed by atoms with van der Waals surface area (Å²) in [5.41, 5.74) is 0. The van der Waals surface area contributed by atoms with Gasteiger partial charge in [0, 0.05) is 6.54 Å². The normalized spacial score (nSPS) is 25.4. The lowest BCUT2D eigenvalue weighted by Crippen LogP contribution is -2.28. The molecule has 0 heterocycles. The third kappa shape index (κ3) is 7.74. The predicted octanol–water partition coefficient (Wildman–Crippen LogP) is 2.12. The van der Waals surface area contributed by atoms with Gasteiger partial charge in [-0.25, -0.2) is 0 Å². The molecule has 0 amide bonds. The quantitative estimate of drug-likeness (QED) is 0.660. The van der Waals surface area contributed by atoms with Crippen molar-refractivity contribution in [2.75, 3.05) is 40.3 Å². The number of rotatable bonds is 8. The van der Waals surface area contributed by atoms with Crippen LogP contribution in [0.5, 0.6) is 0 Å². The maximum atomic E-state index is 5.91. The van der Waals surface area contributed by atoms with Crippen LogP contribution in [0.3, 0.4) is 0 Å². The van der Waals surface area contributed by atoms with E-state index >= 15 is 0 Å². The second kappa shape index (κ2) is 8.90. The lowest BCUT2D eigenvalue weighted by molar-refractivity contribution is 0.0174. The smallest absolute Gasteiger partial charge is 0.0594 e. The Morgan fingerprint density at radius 1 is 1.24 bits per heavy atom. The molecule has 0 bridgehead atoms. The van der Waals surface area contributed by atoms with Gasteiger partial charge in [0.15, 0.2) is 0 Å². The van der Waals surface area contributed by atoms with E-state index in [-0.39, 0.29) is 0 Å². The number of nitrogens with one attached hydrogen (secondary N) is 1. The van der Waals surface area contributed by atoms with Gasteiger partial charge in [0.1, 0.15) is 0 Å². The van der Waals surface area contributed by atoms with Gasteiger partial charge in [-0.15, -0.1) is 0 Å². The first kappa shape index (κ1) is 14.9. The summed E-state index contributed by atoms with van der Waals surface area (Å²) < 4.78 is 5.91. The van der Waals surface area contributed by atoms with E-state index < -0.39 is 0 Å². The van der Waals surface area contributed by atoms with Crippen molar-refractivity contribution in [3.8, 4) is 0 Å². The van der Waals surface area contributed by atoms with Crippen LogP contribution in [-0.2, 0) is 4.74 Å². The maximum Gasteiger partial charge on any atom is 0.0594 e. The van der Waals surface area contributed by atoms with Crippen molar-refractivity contribution in [3.63, 3.8) is 0 Å². The minimum absolute atomic E-state index is 0.530. The third-order valence-electron chi connectivity index (χ3n) is 3.48. The zero-order valence-corrected chi connectivity index (χ0v) is 11.9. The summed E-state index contributed by atoms with van der Waals surface area (Å²) in [6, 6.07) is 0. The van der Waals surface area contributed by atoms with Gasteiger partial charge in [0.2, 0.25) is 0 Å². The summed E-state index contributed by atoms with van der Waals surface area (Å²) in [6.45, 7) is 6.48. The lowest BCUT2D eigenvalue weighted by atomic mass is 9.89. The van der Waals surface area contributed by atoms with E-state index in [4.69, 9.17) is 4.74 Å². The van der Waals surface area contributed by atoms with Crippen molar-refractivity contribution < 1.29 is 4.74 Å². The maximum absolute atomic E-state index is 5.91. The van der Waals surface area contributed by atoms with Crippen LogP contribution in [0.2, 0.25) is 0 Å². The van der Waals surface area contributed by atoms with Crippen molar-refractivity contribution in [2.24, 2.45) is 5.92 Å². The third-order valence-corrected chi connectivity index (χ3v) is 3.48. The van der Waals surface area contributed by atoms with Gasteiger partial charge in [0.25, 0.3) is 0 Å². The zero-order chi connectivity index (χ0) is 12.5. The van der Waals surface area contributed by atoms with Crippen LogP contribution < -0.4 is 5.32 Å². The Morgan fingerprint density at radius 3 is 2.76 bits per heavy atom. The van der Waals surface area contributed by atoms with Gasteiger partial charge in [-0.05, 0) is 52.4 Å². The molecule has 1 saturated carbocycles. The highest BCUT2D eigenvalue weighted by Crippen LogP contribution is 2.25. The van der Waals surface area contributed by atoms with Crippen LogP contribution >= 0.6 is 0 Å². The van der Waals surface area contributed by atoms with Crippen molar-refractivity contribution in [1.82, 2.24) is 10.2 Å². The van der Waals surface area contributed by atoms with E-state index in [9.17, 15) is 0 Å². The molecule has 1 aliphatic rings. The SMILES string of the molecule is CC1CCCC(OCCNCCCN(C)C)C1. The summed E-state index contributed by atoms with van der Waals surface area (Å²) in [5, 5.41) is 3.44. The van der Waals surface area contributed by atoms with Crippen molar-refractivity contribution in [3.05, 3.63) is 0 Å². The monoisotopic (exact) mass is 242 g/mol. The van der Waals surface area contributed by atoms with Crippen LogP contribution in [-0.4, -0.2) is 51.3 Å². The first-order valence-corrected chi connectivity index (χ1v) is 7.15. The van der Waals surface area contributed by atoms with Gasteiger partial charge in [0.05, 0.1) is 12.7 Å². The molecule has 1 N–H and O–H groups in total. The predicted molar refractivity (Wildman–Crippen MR) is 73.4 cm³/mol. The zero-order valence-electron chi connectivity index (χ0n) is 11.9. The van der Waals surface area contributed by atoms with Gasteiger partial charge in [-0.3, -0.25) is 0 Å². The Bertz CT molecular complexity index is 185. The fraction of sp³-hybridized carbons (Fsp3) is 1.00. The average molecular weight is 242 g/mol. The molecule has 0 spiro atoms. The van der Waals surface area contributed by atoms with Gasteiger partial charge >= 0.3 is 0 Å². The standard InChI is InChI=1S/C14H30N2O/c1-13-6-4-7-14(12-13)17-11-9-15-8-5-10-16(2)3/h13-15H,4-12H2,1-3H3. The Hall–Kier alpha value is -0.120. The highest BCUT2D eigenvalue weighted by atomic mass is 16.5. The van der Waals surface area contributed by atoms with E-state index in [1.165, 1.54) is 32.1 Å². The van der Waals surface area contributed by atoms with E-state index in [2.05, 4.69) is 31.2 Å². The Labute approximate surface area is 107 Å². The molecule has 0 aromatic carbocycles. The molecular formula is C14H30N2O. The lowest BCUT2D eigenvalue weighted by Gasteiger charge is -2.26. The fourth-order valence-corrected chi connectivity index (χ4v) is 2.47. The van der Waals surface area contributed by atoms with E-state index in [0.29, 0.717) is 6.10 Å². The molecule has 2 unspecified atom stereocenters. The second-order valence-corrected chi connectivity index (χ2v) is 5.67. The van der Waals surface area contributed by atoms with Crippen molar-refractivity contribution >= 4 is 0 Å². The van der Waals surface area contributed by atoms with Crippen LogP contribution in [0.4, 0.5) is 0 Å². The number of hydrogen-bond acceptors (Lipinski definition) is 3. The summed E-state index contributed by atoms with van der Waals surface area (Å²) in [6.07, 6.45) is 7.02. The van der Waals surface area contributed by atoms with Crippen LogP contribution in [0.15, 0.2) is 0 Å². The minimum atomic E-state index is 0.530. The number of ether oxygens (including phenoxy) is 1. The average Bonchev–Trinajstić information content (AvgIpc) is 2.27. The molecule has 1 aliphatic carbocycles. The second-order valence-electron chi connectivity index (χ2n) is 5.67. The Morgan fingerprint density at radius 2 is 2.06 bits per heavy atom. The van der Waals surface area contributed by atoms with E-state index in [1.807, 2.05) is 0 Å². The fourth-order valence-electron chi connectivity index (χ4n) is 2.47. The van der Waals surface area contributed by atoms with E-state index in [1.54, 1.807) is 0 Å². The molecule has 0 aromatic heterocycles. The first-order valence-electron chi connectivity index (χ1n) is 7.15. The molecule has 3 heteroatoms. The van der Waals surface area contributed by atoms with E-state index in [0.717, 1.165) is 32.2 Å². The molecule has 0 aromatic rings. The molecule has 0 aliphatic heterocycles. The minimum Gasteiger partial charge on any atom is -0.377 e. The van der Waals surface area contributed by atoms with Gasteiger partial charge in [-0.1, -0.05) is 19.8 Å². The molecule has 0 radical (unpaired) electrons. The first-order chi connectivity index (χ1) is 8.18. The molecular weight excluding hydrogens is 212 g/mol. The largest absolute Gasteiger partial charge is 0.377 e. The Kier molecular flexibility index (Phi) is 7.82. The number of hydrogen-bond donors (Lipinski definition) is 1. The van der Waals surface area contributed by atoms with Crippen molar-refractivity contribution in [2.45, 2.75) is 45.1 Å². The summed E-state index contributed by atoms with van der Waals surface area (Å²) in [7, 11) is 4.24. The molecule has 1 fully saturated rings. The number of nitrogens with zero attached hydrogens (tertiary/aromatic N) is 1. The van der Waals surface area contributed by atoms with Gasteiger partial charge < -0.3 is 15.0 Å². The summed E-state index contributed by atoms with van der Waals surface area (Å²) in [5.74, 6) is 0.863. The molecule has 17 heavy (non-hydrogen) atoms. The van der Waals surface area contributed by atoms with Crippen molar-refractivity contribution in [1.29, 1.82) is 0 Å². The topological polar surface area (TPSA) is 24.5 Å².